The van der Waals surface area contributed by atoms with Gasteiger partial charge in [-0.3, -0.25) is 4.98 Å². The summed E-state index contributed by atoms with van der Waals surface area (Å²) in [7, 11) is 1.59. The second-order valence-electron chi connectivity index (χ2n) is 3.77. The van der Waals surface area contributed by atoms with Crippen LogP contribution in [0.25, 0.3) is 10.6 Å². The van der Waals surface area contributed by atoms with Crippen molar-refractivity contribution in [2.24, 2.45) is 0 Å². The first-order valence-electron chi connectivity index (χ1n) is 5.61. The number of hydrogen-bond acceptors (Lipinski definition) is 3. The van der Waals surface area contributed by atoms with E-state index in [0.717, 1.165) is 11.1 Å². The highest BCUT2D eigenvalue weighted by atomic mass is 35.5. The van der Waals surface area contributed by atoms with Gasteiger partial charge in [0.25, 0.3) is 0 Å². The van der Waals surface area contributed by atoms with Crippen molar-refractivity contribution >= 4 is 22.2 Å². The zero-order valence-corrected chi connectivity index (χ0v) is 11.1. The molecular formula is C15H11ClN2O. The Morgan fingerprint density at radius 3 is 2.58 bits per heavy atom. The molecular weight excluding hydrogens is 260 g/mol. The standard InChI is InChI=1S/C15H11ClN2O/c1-19-13-4-2-3-12(9-13)15(16)14(10-17)11-5-7-18-8-6-11/h2-9H,1H3/b15-14+. The maximum absolute atomic E-state index is 9.29. The molecule has 3 nitrogen and oxygen atoms in total. The summed E-state index contributed by atoms with van der Waals surface area (Å²) in [6.07, 6.45) is 3.25. The number of pyridine rings is 1. The molecule has 0 unspecified atom stereocenters. The van der Waals surface area contributed by atoms with Gasteiger partial charge in [-0.2, -0.15) is 5.26 Å². The van der Waals surface area contributed by atoms with E-state index < -0.39 is 0 Å². The molecule has 0 fully saturated rings. The molecule has 0 N–H and O–H groups in total. The predicted octanol–water partition coefficient (Wildman–Crippen LogP) is 3.72. The van der Waals surface area contributed by atoms with Gasteiger partial charge in [0.15, 0.2) is 0 Å². The number of hydrogen-bond donors (Lipinski definition) is 0. The van der Waals surface area contributed by atoms with Gasteiger partial charge in [0.1, 0.15) is 11.8 Å². The van der Waals surface area contributed by atoms with Gasteiger partial charge in [-0.15, -0.1) is 0 Å². The molecule has 0 spiro atoms. The van der Waals surface area contributed by atoms with Crippen molar-refractivity contribution in [2.45, 2.75) is 0 Å². The highest BCUT2D eigenvalue weighted by Gasteiger charge is 2.10. The fraction of sp³-hybridized carbons (Fsp3) is 0.0667. The van der Waals surface area contributed by atoms with Crippen molar-refractivity contribution in [1.82, 2.24) is 4.98 Å². The van der Waals surface area contributed by atoms with Crippen LogP contribution in [0, 0.1) is 11.3 Å². The van der Waals surface area contributed by atoms with Crippen LogP contribution in [0.3, 0.4) is 0 Å². The van der Waals surface area contributed by atoms with Crippen molar-refractivity contribution in [3.8, 4) is 11.8 Å². The van der Waals surface area contributed by atoms with Crippen LogP contribution in [0.1, 0.15) is 11.1 Å². The van der Waals surface area contributed by atoms with Gasteiger partial charge in [-0.25, -0.2) is 0 Å². The maximum atomic E-state index is 9.29. The minimum absolute atomic E-state index is 0.396. The van der Waals surface area contributed by atoms with Crippen molar-refractivity contribution in [1.29, 1.82) is 5.26 Å². The molecule has 0 atom stereocenters. The second kappa shape index (κ2) is 6.03. The SMILES string of the molecule is COc1cccc(/C(Cl)=C(/C#N)c2ccncc2)c1. The molecule has 1 aromatic heterocycles. The summed E-state index contributed by atoms with van der Waals surface area (Å²) in [5.74, 6) is 0.697. The Kier molecular flexibility index (Phi) is 4.17. The highest BCUT2D eigenvalue weighted by molar-refractivity contribution is 6.53. The van der Waals surface area contributed by atoms with Crippen LogP contribution in [0.2, 0.25) is 0 Å². The number of methoxy groups -OCH3 is 1. The van der Waals surface area contributed by atoms with Crippen molar-refractivity contribution < 1.29 is 4.74 Å². The van der Waals surface area contributed by atoms with E-state index in [0.29, 0.717) is 16.4 Å². The first-order valence-corrected chi connectivity index (χ1v) is 5.98. The number of rotatable bonds is 3. The topological polar surface area (TPSA) is 45.9 Å². The predicted molar refractivity (Wildman–Crippen MR) is 75.5 cm³/mol. The number of benzene rings is 1. The van der Waals surface area contributed by atoms with Gasteiger partial charge < -0.3 is 4.74 Å². The number of aromatic nitrogens is 1. The smallest absolute Gasteiger partial charge is 0.119 e. The average Bonchev–Trinajstić information content (AvgIpc) is 2.49. The lowest BCUT2D eigenvalue weighted by Crippen LogP contribution is -1.88. The van der Waals surface area contributed by atoms with Crippen molar-refractivity contribution in [3.05, 3.63) is 59.9 Å². The Bertz CT molecular complexity index is 645. The van der Waals surface area contributed by atoms with E-state index in [-0.39, 0.29) is 0 Å². The summed E-state index contributed by atoms with van der Waals surface area (Å²) < 4.78 is 5.15. The van der Waals surface area contributed by atoms with Crippen LogP contribution in [0.15, 0.2) is 48.8 Å². The lowest BCUT2D eigenvalue weighted by Gasteiger charge is -2.06. The van der Waals surface area contributed by atoms with Gasteiger partial charge >= 0.3 is 0 Å². The lowest BCUT2D eigenvalue weighted by atomic mass is 10.0. The normalized spacial score (nSPS) is 11.4. The van der Waals surface area contributed by atoms with E-state index in [2.05, 4.69) is 11.1 Å². The van der Waals surface area contributed by atoms with Crippen LogP contribution in [-0.2, 0) is 0 Å². The zero-order chi connectivity index (χ0) is 13.7. The van der Waals surface area contributed by atoms with Crippen molar-refractivity contribution in [2.75, 3.05) is 7.11 Å². The number of nitrogens with zero attached hydrogens (tertiary/aromatic N) is 2. The molecule has 94 valence electrons. The third-order valence-electron chi connectivity index (χ3n) is 2.62. The molecule has 0 aliphatic rings. The Balaban J connectivity index is 2.52. The molecule has 0 saturated carbocycles. The average molecular weight is 271 g/mol. The van der Waals surface area contributed by atoms with E-state index in [1.54, 1.807) is 37.7 Å². The molecule has 2 aromatic rings. The number of halogens is 1. The van der Waals surface area contributed by atoms with Crippen LogP contribution in [0.4, 0.5) is 0 Å². The third-order valence-corrected chi connectivity index (χ3v) is 3.03. The molecule has 1 aromatic carbocycles. The summed E-state index contributed by atoms with van der Waals surface area (Å²) >= 11 is 6.32. The number of ether oxygens (including phenoxy) is 1. The molecule has 1 heterocycles. The van der Waals surface area contributed by atoms with Crippen LogP contribution in [0.5, 0.6) is 5.75 Å². The Labute approximate surface area is 116 Å². The minimum Gasteiger partial charge on any atom is -0.497 e. The molecule has 19 heavy (non-hydrogen) atoms. The fourth-order valence-electron chi connectivity index (χ4n) is 1.66. The minimum atomic E-state index is 0.396. The van der Waals surface area contributed by atoms with Crippen LogP contribution < -0.4 is 4.74 Å². The molecule has 0 aliphatic carbocycles. The molecule has 0 aliphatic heterocycles. The second-order valence-corrected chi connectivity index (χ2v) is 4.15. The maximum Gasteiger partial charge on any atom is 0.119 e. The van der Waals surface area contributed by atoms with Crippen LogP contribution >= 0.6 is 11.6 Å². The largest absolute Gasteiger partial charge is 0.497 e. The molecule has 2 rings (SSSR count). The monoisotopic (exact) mass is 270 g/mol. The van der Waals surface area contributed by atoms with Gasteiger partial charge in [-0.1, -0.05) is 23.7 Å². The zero-order valence-electron chi connectivity index (χ0n) is 10.3. The quantitative estimate of drug-likeness (QED) is 0.799. The molecule has 0 bridgehead atoms. The summed E-state index contributed by atoms with van der Waals surface area (Å²) in [6.45, 7) is 0. The van der Waals surface area contributed by atoms with Gasteiger partial charge in [0.05, 0.1) is 17.7 Å². The summed E-state index contributed by atoms with van der Waals surface area (Å²) in [4.78, 5) is 3.93. The Morgan fingerprint density at radius 1 is 1.21 bits per heavy atom. The Morgan fingerprint density at radius 2 is 1.95 bits per heavy atom. The van der Waals surface area contributed by atoms with Gasteiger partial charge in [0, 0.05) is 12.4 Å². The number of allylic oxidation sites excluding steroid dienone is 1. The van der Waals surface area contributed by atoms with E-state index >= 15 is 0 Å². The van der Waals surface area contributed by atoms with E-state index in [1.165, 1.54) is 0 Å². The fourth-order valence-corrected chi connectivity index (χ4v) is 1.93. The number of nitriles is 1. The summed E-state index contributed by atoms with van der Waals surface area (Å²) in [5, 5.41) is 9.69. The molecule has 0 amide bonds. The van der Waals surface area contributed by atoms with E-state index in [4.69, 9.17) is 16.3 Å². The molecule has 4 heteroatoms. The van der Waals surface area contributed by atoms with Gasteiger partial charge in [0.2, 0.25) is 0 Å². The van der Waals surface area contributed by atoms with Crippen molar-refractivity contribution in [3.63, 3.8) is 0 Å². The summed E-state index contributed by atoms with van der Waals surface area (Å²) in [6, 6.07) is 12.9. The van der Waals surface area contributed by atoms with Crippen LogP contribution in [-0.4, -0.2) is 12.1 Å². The molecule has 0 radical (unpaired) electrons. The molecule has 0 saturated heterocycles. The van der Waals surface area contributed by atoms with E-state index in [9.17, 15) is 5.26 Å². The van der Waals surface area contributed by atoms with E-state index in [1.807, 2.05) is 18.2 Å². The highest BCUT2D eigenvalue weighted by Crippen LogP contribution is 2.30. The first kappa shape index (κ1) is 13.1. The first-order chi connectivity index (χ1) is 9.26. The Hall–Kier alpha value is -2.31. The lowest BCUT2D eigenvalue weighted by molar-refractivity contribution is 0.414. The van der Waals surface area contributed by atoms with Gasteiger partial charge in [-0.05, 0) is 35.4 Å². The third kappa shape index (κ3) is 2.93. The summed E-state index contributed by atoms with van der Waals surface area (Å²) in [5.41, 5.74) is 1.90.